The Balaban J connectivity index is 2.00. The lowest BCUT2D eigenvalue weighted by molar-refractivity contribution is -0.136. The van der Waals surface area contributed by atoms with Crippen molar-refractivity contribution in [3.63, 3.8) is 0 Å². The highest BCUT2D eigenvalue weighted by Gasteiger charge is 2.30. The molecular formula is C13H12O4. The fourth-order valence-corrected chi connectivity index (χ4v) is 1.75. The van der Waals surface area contributed by atoms with Gasteiger partial charge in [-0.3, -0.25) is 9.59 Å². The lowest BCUT2D eigenvalue weighted by atomic mass is 9.95. The molecule has 1 unspecified atom stereocenters. The van der Waals surface area contributed by atoms with Crippen LogP contribution in [-0.2, 0) is 14.3 Å². The van der Waals surface area contributed by atoms with E-state index < -0.39 is 12.1 Å². The molecular weight excluding hydrogens is 220 g/mol. The molecule has 0 amide bonds. The summed E-state index contributed by atoms with van der Waals surface area (Å²) >= 11 is 0. The zero-order valence-electron chi connectivity index (χ0n) is 9.22. The van der Waals surface area contributed by atoms with Gasteiger partial charge in [0.1, 0.15) is 5.78 Å². The van der Waals surface area contributed by atoms with E-state index >= 15 is 0 Å². The molecule has 0 saturated heterocycles. The molecule has 88 valence electrons. The Morgan fingerprint density at radius 3 is 2.53 bits per heavy atom. The highest BCUT2D eigenvalue weighted by Crippen LogP contribution is 2.16. The van der Waals surface area contributed by atoms with Crippen LogP contribution in [0.4, 0.5) is 0 Å². The topological polar surface area (TPSA) is 60.4 Å². The molecule has 2 rings (SSSR count). The molecule has 1 aliphatic carbocycles. The largest absolute Gasteiger partial charge is 0.451 e. The molecule has 1 atom stereocenters. The van der Waals surface area contributed by atoms with Crippen LogP contribution in [0.2, 0.25) is 0 Å². The van der Waals surface area contributed by atoms with Crippen molar-refractivity contribution < 1.29 is 19.1 Å². The van der Waals surface area contributed by atoms with E-state index in [4.69, 9.17) is 4.74 Å². The third kappa shape index (κ3) is 2.78. The molecule has 0 aliphatic heterocycles. The SMILES string of the molecule is O=C1CCC(OC(=O)c2ccccc2)C(=O)C1. The van der Waals surface area contributed by atoms with E-state index in [1.54, 1.807) is 30.3 Å². The first-order chi connectivity index (χ1) is 8.16. The van der Waals surface area contributed by atoms with Gasteiger partial charge in [-0.2, -0.15) is 0 Å². The maximum atomic E-state index is 11.7. The lowest BCUT2D eigenvalue weighted by Crippen LogP contribution is -2.33. The summed E-state index contributed by atoms with van der Waals surface area (Å²) in [6, 6.07) is 8.49. The molecule has 17 heavy (non-hydrogen) atoms. The van der Waals surface area contributed by atoms with E-state index in [0.717, 1.165) is 0 Å². The smallest absolute Gasteiger partial charge is 0.338 e. The Bertz CT molecular complexity index is 450. The average Bonchev–Trinajstić information content (AvgIpc) is 2.34. The summed E-state index contributed by atoms with van der Waals surface area (Å²) in [6.07, 6.45) is -0.276. The van der Waals surface area contributed by atoms with Gasteiger partial charge in [0.2, 0.25) is 0 Å². The van der Waals surface area contributed by atoms with Crippen molar-refractivity contribution in [2.45, 2.75) is 25.4 Å². The number of rotatable bonds is 2. The van der Waals surface area contributed by atoms with Crippen LogP contribution in [-0.4, -0.2) is 23.6 Å². The predicted molar refractivity (Wildman–Crippen MR) is 59.5 cm³/mol. The van der Waals surface area contributed by atoms with Crippen molar-refractivity contribution in [1.82, 2.24) is 0 Å². The first-order valence-corrected chi connectivity index (χ1v) is 5.47. The minimum Gasteiger partial charge on any atom is -0.451 e. The van der Waals surface area contributed by atoms with Gasteiger partial charge >= 0.3 is 5.97 Å². The molecule has 1 aliphatic rings. The average molecular weight is 232 g/mol. The van der Waals surface area contributed by atoms with Crippen molar-refractivity contribution in [3.05, 3.63) is 35.9 Å². The van der Waals surface area contributed by atoms with Gasteiger partial charge in [0, 0.05) is 6.42 Å². The Morgan fingerprint density at radius 2 is 1.88 bits per heavy atom. The van der Waals surface area contributed by atoms with Crippen molar-refractivity contribution in [1.29, 1.82) is 0 Å². The molecule has 0 N–H and O–H groups in total. The van der Waals surface area contributed by atoms with Gasteiger partial charge in [0.15, 0.2) is 11.9 Å². The number of hydrogen-bond acceptors (Lipinski definition) is 4. The van der Waals surface area contributed by atoms with Gasteiger partial charge in [-0.25, -0.2) is 4.79 Å². The number of benzene rings is 1. The van der Waals surface area contributed by atoms with E-state index in [9.17, 15) is 14.4 Å². The molecule has 0 radical (unpaired) electrons. The minimum atomic E-state index is -0.764. The number of ketones is 2. The highest BCUT2D eigenvalue weighted by atomic mass is 16.5. The van der Waals surface area contributed by atoms with Gasteiger partial charge in [0.05, 0.1) is 12.0 Å². The summed E-state index contributed by atoms with van der Waals surface area (Å²) in [5.41, 5.74) is 0.414. The fourth-order valence-electron chi connectivity index (χ4n) is 1.75. The second kappa shape index (κ2) is 4.91. The molecule has 1 aromatic rings. The number of carbonyl (C=O) groups excluding carboxylic acids is 3. The Morgan fingerprint density at radius 1 is 1.18 bits per heavy atom. The van der Waals surface area contributed by atoms with Crippen LogP contribution in [0.25, 0.3) is 0 Å². The summed E-state index contributed by atoms with van der Waals surface area (Å²) in [4.78, 5) is 34.2. The summed E-state index contributed by atoms with van der Waals surface area (Å²) < 4.78 is 5.10. The van der Waals surface area contributed by atoms with Crippen LogP contribution in [0.5, 0.6) is 0 Å². The molecule has 1 saturated carbocycles. The predicted octanol–water partition coefficient (Wildman–Crippen LogP) is 1.53. The lowest BCUT2D eigenvalue weighted by Gasteiger charge is -2.19. The second-order valence-corrected chi connectivity index (χ2v) is 3.98. The summed E-state index contributed by atoms with van der Waals surface area (Å²) in [5.74, 6) is -0.897. The summed E-state index contributed by atoms with van der Waals surface area (Å²) in [6.45, 7) is 0. The number of esters is 1. The monoisotopic (exact) mass is 232 g/mol. The maximum Gasteiger partial charge on any atom is 0.338 e. The Labute approximate surface area is 98.6 Å². The van der Waals surface area contributed by atoms with Gasteiger partial charge in [-0.15, -0.1) is 0 Å². The van der Waals surface area contributed by atoms with Crippen LogP contribution in [0.1, 0.15) is 29.6 Å². The number of ether oxygens (including phenoxy) is 1. The van der Waals surface area contributed by atoms with Gasteiger partial charge < -0.3 is 4.74 Å². The van der Waals surface area contributed by atoms with Crippen LogP contribution in [0.15, 0.2) is 30.3 Å². The van der Waals surface area contributed by atoms with E-state index in [-0.39, 0.29) is 18.0 Å². The van der Waals surface area contributed by atoms with Crippen LogP contribution in [0, 0.1) is 0 Å². The van der Waals surface area contributed by atoms with Crippen molar-refractivity contribution in [2.75, 3.05) is 0 Å². The van der Waals surface area contributed by atoms with Crippen molar-refractivity contribution >= 4 is 17.5 Å². The summed E-state index contributed by atoms with van der Waals surface area (Å²) in [7, 11) is 0. The molecule has 4 heteroatoms. The number of Topliss-reactive ketones (excluding diaryl/α,β-unsaturated/α-hetero) is 2. The zero-order chi connectivity index (χ0) is 12.3. The van der Waals surface area contributed by atoms with Gasteiger partial charge in [0.25, 0.3) is 0 Å². The van der Waals surface area contributed by atoms with Crippen molar-refractivity contribution in [2.24, 2.45) is 0 Å². The minimum absolute atomic E-state index is 0.0815. The molecule has 0 spiro atoms. The van der Waals surface area contributed by atoms with Crippen LogP contribution >= 0.6 is 0 Å². The van der Waals surface area contributed by atoms with Crippen LogP contribution < -0.4 is 0 Å². The van der Waals surface area contributed by atoms with Gasteiger partial charge in [-0.05, 0) is 18.6 Å². The fraction of sp³-hybridized carbons (Fsp3) is 0.308. The first kappa shape index (κ1) is 11.5. The van der Waals surface area contributed by atoms with Crippen molar-refractivity contribution in [3.8, 4) is 0 Å². The normalized spacial score (nSPS) is 20.1. The van der Waals surface area contributed by atoms with Gasteiger partial charge in [-0.1, -0.05) is 18.2 Å². The van der Waals surface area contributed by atoms with E-state index in [2.05, 4.69) is 0 Å². The Hall–Kier alpha value is -1.97. The quantitative estimate of drug-likeness (QED) is 0.573. The molecule has 1 aromatic carbocycles. The summed E-state index contributed by atoms with van der Waals surface area (Å²) in [5, 5.41) is 0. The third-order valence-corrected chi connectivity index (χ3v) is 2.67. The molecule has 0 bridgehead atoms. The highest BCUT2D eigenvalue weighted by molar-refractivity contribution is 6.04. The Kier molecular flexibility index (Phi) is 3.32. The molecule has 0 heterocycles. The van der Waals surface area contributed by atoms with E-state index in [1.807, 2.05) is 0 Å². The molecule has 0 aromatic heterocycles. The second-order valence-electron chi connectivity index (χ2n) is 3.98. The maximum absolute atomic E-state index is 11.7. The molecule has 4 nitrogen and oxygen atoms in total. The number of carbonyl (C=O) groups is 3. The molecule has 1 fully saturated rings. The standard InChI is InChI=1S/C13H12O4/c14-10-6-7-12(11(15)8-10)17-13(16)9-4-2-1-3-5-9/h1-5,12H,6-8H2. The third-order valence-electron chi connectivity index (χ3n) is 2.67. The first-order valence-electron chi connectivity index (χ1n) is 5.47. The number of hydrogen-bond donors (Lipinski definition) is 0. The van der Waals surface area contributed by atoms with Crippen LogP contribution in [0.3, 0.4) is 0 Å². The van der Waals surface area contributed by atoms with E-state index in [1.165, 1.54) is 0 Å². The van der Waals surface area contributed by atoms with E-state index in [0.29, 0.717) is 18.4 Å². The zero-order valence-corrected chi connectivity index (χ0v) is 9.22.